The molecule has 2 heterocycles. The van der Waals surface area contributed by atoms with E-state index in [-0.39, 0.29) is 5.91 Å². The molecule has 1 fully saturated rings. The molecule has 0 aliphatic carbocycles. The molecule has 0 bridgehead atoms. The van der Waals surface area contributed by atoms with E-state index in [1.165, 1.54) is 0 Å². The quantitative estimate of drug-likeness (QED) is 0.645. The third kappa shape index (κ3) is 4.39. The smallest absolute Gasteiger partial charge is 0.255 e. The minimum Gasteiger partial charge on any atom is -0.493 e. The Morgan fingerprint density at radius 1 is 1.07 bits per heavy atom. The van der Waals surface area contributed by atoms with Crippen molar-refractivity contribution >= 4 is 28.1 Å². The van der Waals surface area contributed by atoms with Gasteiger partial charge in [-0.2, -0.15) is 0 Å². The van der Waals surface area contributed by atoms with E-state index in [9.17, 15) is 4.79 Å². The molecule has 7 nitrogen and oxygen atoms in total. The highest BCUT2D eigenvalue weighted by molar-refractivity contribution is 7.14. The van der Waals surface area contributed by atoms with Crippen LogP contribution >= 0.6 is 11.3 Å². The van der Waals surface area contributed by atoms with Crippen molar-refractivity contribution in [2.24, 2.45) is 0 Å². The standard InChI is InChI=1S/C22H23N3O4S/c1-27-19-8-5-16(13-20(19)28-2)21(26)23-17-6-3-15(4-7-17)18-14-30-22(24-18)25-9-11-29-12-10-25/h3-8,13-14H,9-12H2,1-2H3,(H,23,26). The Morgan fingerprint density at radius 2 is 1.80 bits per heavy atom. The van der Waals surface area contributed by atoms with Crippen LogP contribution in [-0.2, 0) is 4.74 Å². The lowest BCUT2D eigenvalue weighted by molar-refractivity contribution is 0.102. The number of hydrogen-bond acceptors (Lipinski definition) is 7. The van der Waals surface area contributed by atoms with Gasteiger partial charge in [0, 0.05) is 35.3 Å². The number of amides is 1. The summed E-state index contributed by atoms with van der Waals surface area (Å²) in [6.45, 7) is 3.22. The summed E-state index contributed by atoms with van der Waals surface area (Å²) < 4.78 is 15.9. The molecular formula is C22H23N3O4S. The number of ether oxygens (including phenoxy) is 3. The van der Waals surface area contributed by atoms with Gasteiger partial charge in [-0.25, -0.2) is 4.98 Å². The van der Waals surface area contributed by atoms with E-state index in [1.807, 2.05) is 24.3 Å². The monoisotopic (exact) mass is 425 g/mol. The fourth-order valence-corrected chi connectivity index (χ4v) is 4.09. The second kappa shape index (κ2) is 9.15. The predicted octanol–water partition coefficient (Wildman–Crippen LogP) is 3.92. The van der Waals surface area contributed by atoms with Crippen LogP contribution in [0.4, 0.5) is 10.8 Å². The number of nitrogens with zero attached hydrogens (tertiary/aromatic N) is 2. The van der Waals surface area contributed by atoms with Crippen LogP contribution in [0.15, 0.2) is 47.8 Å². The second-order valence-corrected chi connectivity index (χ2v) is 7.55. The summed E-state index contributed by atoms with van der Waals surface area (Å²) in [4.78, 5) is 19.6. The maximum atomic E-state index is 12.6. The summed E-state index contributed by atoms with van der Waals surface area (Å²) in [5.41, 5.74) is 3.14. The molecule has 30 heavy (non-hydrogen) atoms. The number of carbonyl (C=O) groups is 1. The summed E-state index contributed by atoms with van der Waals surface area (Å²) >= 11 is 1.64. The van der Waals surface area contributed by atoms with Gasteiger partial charge in [0.2, 0.25) is 0 Å². The SMILES string of the molecule is COc1ccc(C(=O)Nc2ccc(-c3csc(N4CCOCC4)n3)cc2)cc1OC. The molecule has 1 saturated heterocycles. The third-order valence-corrected chi connectivity index (χ3v) is 5.76. The van der Waals surface area contributed by atoms with Crippen molar-refractivity contribution in [3.8, 4) is 22.8 Å². The van der Waals surface area contributed by atoms with Gasteiger partial charge in [0.25, 0.3) is 5.91 Å². The zero-order valence-electron chi connectivity index (χ0n) is 16.9. The van der Waals surface area contributed by atoms with E-state index in [0.29, 0.717) is 22.7 Å². The maximum absolute atomic E-state index is 12.6. The number of aromatic nitrogens is 1. The number of benzene rings is 2. The maximum Gasteiger partial charge on any atom is 0.255 e. The molecule has 0 unspecified atom stereocenters. The summed E-state index contributed by atoms with van der Waals surface area (Å²) in [5, 5.41) is 5.98. The molecule has 0 saturated carbocycles. The Kier molecular flexibility index (Phi) is 6.15. The fourth-order valence-electron chi connectivity index (χ4n) is 3.20. The van der Waals surface area contributed by atoms with Gasteiger partial charge in [-0.15, -0.1) is 11.3 Å². The molecule has 1 amide bonds. The molecule has 3 aromatic rings. The van der Waals surface area contributed by atoms with E-state index in [2.05, 4.69) is 15.6 Å². The number of hydrogen-bond donors (Lipinski definition) is 1. The highest BCUT2D eigenvalue weighted by Gasteiger charge is 2.15. The number of thiazole rings is 1. The number of anilines is 2. The van der Waals surface area contributed by atoms with Crippen molar-refractivity contribution in [1.29, 1.82) is 0 Å². The molecule has 0 radical (unpaired) electrons. The van der Waals surface area contributed by atoms with Gasteiger partial charge in [0.05, 0.1) is 33.1 Å². The van der Waals surface area contributed by atoms with Gasteiger partial charge in [-0.1, -0.05) is 12.1 Å². The molecular weight excluding hydrogens is 402 g/mol. The molecule has 1 aliphatic heterocycles. The van der Waals surface area contributed by atoms with Gasteiger partial charge in [-0.05, 0) is 30.3 Å². The lowest BCUT2D eigenvalue weighted by Gasteiger charge is -2.26. The number of rotatable bonds is 6. The van der Waals surface area contributed by atoms with E-state index in [1.54, 1.807) is 43.8 Å². The summed E-state index contributed by atoms with van der Waals surface area (Å²) in [6, 6.07) is 12.7. The lowest BCUT2D eigenvalue weighted by atomic mass is 10.1. The highest BCUT2D eigenvalue weighted by Crippen LogP contribution is 2.30. The number of nitrogens with one attached hydrogen (secondary N) is 1. The van der Waals surface area contributed by atoms with E-state index in [4.69, 9.17) is 19.2 Å². The van der Waals surface area contributed by atoms with Crippen LogP contribution in [0.1, 0.15) is 10.4 Å². The van der Waals surface area contributed by atoms with Crippen LogP contribution in [0.3, 0.4) is 0 Å². The van der Waals surface area contributed by atoms with Crippen molar-refractivity contribution in [3.05, 3.63) is 53.4 Å². The van der Waals surface area contributed by atoms with Crippen LogP contribution in [-0.4, -0.2) is 51.4 Å². The van der Waals surface area contributed by atoms with Crippen molar-refractivity contribution in [2.45, 2.75) is 0 Å². The molecule has 0 spiro atoms. The van der Waals surface area contributed by atoms with Crippen molar-refractivity contribution in [3.63, 3.8) is 0 Å². The Morgan fingerprint density at radius 3 is 2.50 bits per heavy atom. The first-order valence-electron chi connectivity index (χ1n) is 9.60. The molecule has 8 heteroatoms. The molecule has 1 aromatic heterocycles. The number of morpholine rings is 1. The first-order valence-corrected chi connectivity index (χ1v) is 10.5. The van der Waals surface area contributed by atoms with Crippen LogP contribution in [0.2, 0.25) is 0 Å². The second-order valence-electron chi connectivity index (χ2n) is 6.72. The molecule has 4 rings (SSSR count). The highest BCUT2D eigenvalue weighted by atomic mass is 32.1. The number of carbonyl (C=O) groups excluding carboxylic acids is 1. The van der Waals surface area contributed by atoms with Gasteiger partial charge < -0.3 is 24.4 Å². The normalized spacial score (nSPS) is 13.7. The number of methoxy groups -OCH3 is 2. The Hall–Kier alpha value is -3.10. The third-order valence-electron chi connectivity index (χ3n) is 4.86. The van der Waals surface area contributed by atoms with Crippen molar-refractivity contribution in [1.82, 2.24) is 4.98 Å². The molecule has 0 atom stereocenters. The fraction of sp³-hybridized carbons (Fsp3) is 0.273. The van der Waals surface area contributed by atoms with Crippen molar-refractivity contribution in [2.75, 3.05) is 50.7 Å². The minimum atomic E-state index is -0.216. The first-order chi connectivity index (χ1) is 14.7. The average Bonchev–Trinajstić information content (AvgIpc) is 3.30. The van der Waals surface area contributed by atoms with Crippen LogP contribution < -0.4 is 19.7 Å². The molecule has 1 N–H and O–H groups in total. The summed E-state index contributed by atoms with van der Waals surface area (Å²) in [7, 11) is 3.10. The van der Waals surface area contributed by atoms with Gasteiger partial charge >= 0.3 is 0 Å². The van der Waals surface area contributed by atoms with Gasteiger partial charge in [-0.3, -0.25) is 4.79 Å². The zero-order chi connectivity index (χ0) is 20.9. The Labute approximate surface area is 179 Å². The predicted molar refractivity (Wildman–Crippen MR) is 118 cm³/mol. The largest absolute Gasteiger partial charge is 0.493 e. The molecule has 2 aromatic carbocycles. The van der Waals surface area contributed by atoms with Crippen molar-refractivity contribution < 1.29 is 19.0 Å². The Bertz CT molecular complexity index is 1010. The van der Waals surface area contributed by atoms with E-state index in [0.717, 1.165) is 42.7 Å². The summed E-state index contributed by atoms with van der Waals surface area (Å²) in [6.07, 6.45) is 0. The van der Waals surface area contributed by atoms with E-state index < -0.39 is 0 Å². The topological polar surface area (TPSA) is 72.9 Å². The van der Waals surface area contributed by atoms with Crippen LogP contribution in [0.25, 0.3) is 11.3 Å². The summed E-state index contributed by atoms with van der Waals surface area (Å²) in [5.74, 6) is 0.880. The molecule has 1 aliphatic rings. The first kappa shape index (κ1) is 20.2. The zero-order valence-corrected chi connectivity index (χ0v) is 17.7. The minimum absolute atomic E-state index is 0.216. The van der Waals surface area contributed by atoms with Crippen LogP contribution in [0, 0.1) is 0 Å². The molecule has 156 valence electrons. The van der Waals surface area contributed by atoms with E-state index >= 15 is 0 Å². The van der Waals surface area contributed by atoms with Gasteiger partial charge in [0.1, 0.15) is 0 Å². The lowest BCUT2D eigenvalue weighted by Crippen LogP contribution is -2.36. The Balaban J connectivity index is 1.44. The average molecular weight is 426 g/mol. The van der Waals surface area contributed by atoms with Crippen LogP contribution in [0.5, 0.6) is 11.5 Å². The van der Waals surface area contributed by atoms with Gasteiger partial charge in [0.15, 0.2) is 16.6 Å².